The van der Waals surface area contributed by atoms with Crippen molar-refractivity contribution in [1.82, 2.24) is 4.90 Å². The van der Waals surface area contributed by atoms with Crippen LogP contribution < -0.4 is 5.32 Å². The van der Waals surface area contributed by atoms with Crippen LogP contribution in [0.15, 0.2) is 36.4 Å². The number of aliphatic hydroxyl groups excluding tert-OH is 1. The molecule has 164 valence electrons. The number of amides is 1. The third-order valence-corrected chi connectivity index (χ3v) is 7.92. The van der Waals surface area contributed by atoms with Gasteiger partial charge in [-0.15, -0.1) is 0 Å². The number of fused-ring (bicyclic) bond motifs is 2. The van der Waals surface area contributed by atoms with Gasteiger partial charge in [0.15, 0.2) is 0 Å². The van der Waals surface area contributed by atoms with E-state index in [1.54, 1.807) is 24.3 Å². The lowest BCUT2D eigenvalue weighted by atomic mass is 9.75. The second-order valence-electron chi connectivity index (χ2n) is 8.98. The van der Waals surface area contributed by atoms with Gasteiger partial charge in [-0.1, -0.05) is 54.2 Å². The van der Waals surface area contributed by atoms with Crippen LogP contribution in [0, 0.1) is 11.7 Å². The molecule has 1 amide bonds. The second kappa shape index (κ2) is 8.04. The van der Waals surface area contributed by atoms with Crippen molar-refractivity contribution in [3.05, 3.63) is 63.4 Å². The van der Waals surface area contributed by atoms with E-state index < -0.39 is 17.3 Å². The van der Waals surface area contributed by atoms with E-state index in [0.717, 1.165) is 18.4 Å². The Kier molecular flexibility index (Phi) is 5.50. The third kappa shape index (κ3) is 3.20. The maximum Gasteiger partial charge on any atom is 0.250 e. The van der Waals surface area contributed by atoms with E-state index in [4.69, 9.17) is 23.2 Å². The van der Waals surface area contributed by atoms with E-state index in [1.807, 2.05) is 6.07 Å². The first-order valence-electron chi connectivity index (χ1n) is 10.9. The molecule has 2 heterocycles. The van der Waals surface area contributed by atoms with Gasteiger partial charge in [0.2, 0.25) is 5.91 Å². The average Bonchev–Trinajstić information content (AvgIpc) is 3.44. The van der Waals surface area contributed by atoms with Crippen LogP contribution in [0.4, 0.5) is 10.1 Å². The minimum Gasteiger partial charge on any atom is -0.395 e. The summed E-state index contributed by atoms with van der Waals surface area (Å²) >= 11 is 12.3. The first-order valence-corrected chi connectivity index (χ1v) is 11.7. The molecular formula is C24H25Cl2FN2O2. The summed E-state index contributed by atoms with van der Waals surface area (Å²) in [5, 5.41) is 13.9. The quantitative estimate of drug-likeness (QED) is 0.646. The molecule has 2 fully saturated rings. The van der Waals surface area contributed by atoms with Gasteiger partial charge in [0.25, 0.3) is 0 Å². The zero-order chi connectivity index (χ0) is 21.8. The number of hydrogen-bond acceptors (Lipinski definition) is 3. The van der Waals surface area contributed by atoms with Crippen LogP contribution in [0.1, 0.15) is 49.1 Å². The van der Waals surface area contributed by atoms with Gasteiger partial charge in [0.05, 0.1) is 11.6 Å². The summed E-state index contributed by atoms with van der Waals surface area (Å²) in [7, 11) is 0. The van der Waals surface area contributed by atoms with Gasteiger partial charge in [-0.05, 0) is 48.9 Å². The molecule has 4 nitrogen and oxygen atoms in total. The fourth-order valence-corrected chi connectivity index (χ4v) is 6.41. The molecule has 3 atom stereocenters. The number of hydrogen-bond donors (Lipinski definition) is 2. The molecule has 0 bridgehead atoms. The van der Waals surface area contributed by atoms with Crippen molar-refractivity contribution in [2.75, 3.05) is 18.5 Å². The van der Waals surface area contributed by atoms with Crippen molar-refractivity contribution in [3.8, 4) is 0 Å². The number of aliphatic hydroxyl groups is 1. The van der Waals surface area contributed by atoms with Crippen LogP contribution >= 0.6 is 23.2 Å². The van der Waals surface area contributed by atoms with Crippen molar-refractivity contribution in [1.29, 1.82) is 0 Å². The first kappa shape index (κ1) is 21.2. The minimum absolute atomic E-state index is 0.0391. The molecule has 2 aromatic rings. The lowest BCUT2D eigenvalue weighted by Gasteiger charge is -2.41. The number of nitrogens with one attached hydrogen (secondary N) is 1. The molecule has 1 saturated heterocycles. The van der Waals surface area contributed by atoms with Crippen molar-refractivity contribution < 1.29 is 14.3 Å². The fourth-order valence-electron chi connectivity index (χ4n) is 6.06. The predicted molar refractivity (Wildman–Crippen MR) is 120 cm³/mol. The lowest BCUT2D eigenvalue weighted by molar-refractivity contribution is -0.128. The van der Waals surface area contributed by atoms with Gasteiger partial charge < -0.3 is 10.4 Å². The van der Waals surface area contributed by atoms with E-state index in [2.05, 4.69) is 10.2 Å². The highest BCUT2D eigenvalue weighted by Crippen LogP contribution is 2.58. The van der Waals surface area contributed by atoms with Crippen LogP contribution in [0.25, 0.3) is 0 Å². The van der Waals surface area contributed by atoms with Gasteiger partial charge in [0.1, 0.15) is 11.4 Å². The van der Waals surface area contributed by atoms with Crippen LogP contribution in [-0.4, -0.2) is 35.1 Å². The van der Waals surface area contributed by atoms with Crippen LogP contribution in [0.2, 0.25) is 10.0 Å². The highest BCUT2D eigenvalue weighted by Gasteiger charge is 2.63. The summed E-state index contributed by atoms with van der Waals surface area (Å²) in [6, 6.07) is 10.1. The number of carbonyl (C=O) groups is 1. The van der Waals surface area contributed by atoms with E-state index >= 15 is 4.39 Å². The Morgan fingerprint density at radius 3 is 2.71 bits per heavy atom. The molecule has 1 aliphatic carbocycles. The van der Waals surface area contributed by atoms with Crippen LogP contribution in [-0.2, 0) is 10.3 Å². The molecule has 2 aliphatic heterocycles. The van der Waals surface area contributed by atoms with Gasteiger partial charge in [0, 0.05) is 34.8 Å². The van der Waals surface area contributed by atoms with E-state index in [0.29, 0.717) is 35.2 Å². The van der Waals surface area contributed by atoms with Crippen molar-refractivity contribution >= 4 is 34.8 Å². The minimum atomic E-state index is -1.11. The molecule has 5 rings (SSSR count). The molecule has 0 radical (unpaired) electrons. The molecule has 31 heavy (non-hydrogen) atoms. The molecule has 2 aromatic carbocycles. The number of rotatable bonds is 4. The van der Waals surface area contributed by atoms with E-state index in [-0.39, 0.29) is 23.6 Å². The Labute approximate surface area is 191 Å². The molecule has 2 N–H and O–H groups in total. The fraction of sp³-hybridized carbons (Fsp3) is 0.458. The molecule has 7 heteroatoms. The molecule has 3 aliphatic rings. The monoisotopic (exact) mass is 462 g/mol. The number of nitrogens with zero attached hydrogens (tertiary/aromatic N) is 1. The molecule has 1 unspecified atom stereocenters. The Morgan fingerprint density at radius 1 is 1.19 bits per heavy atom. The number of likely N-dealkylation sites (tertiary alicyclic amines) is 1. The summed E-state index contributed by atoms with van der Waals surface area (Å²) < 4.78 is 15.3. The zero-order valence-corrected chi connectivity index (χ0v) is 18.6. The summed E-state index contributed by atoms with van der Waals surface area (Å²) in [6.07, 6.45) is 5.04. The highest BCUT2D eigenvalue weighted by atomic mass is 35.5. The topological polar surface area (TPSA) is 52.6 Å². The maximum absolute atomic E-state index is 15.3. The smallest absolute Gasteiger partial charge is 0.250 e. The van der Waals surface area contributed by atoms with Crippen LogP contribution in [0.5, 0.6) is 0 Å². The van der Waals surface area contributed by atoms with Gasteiger partial charge in [-0.25, -0.2) is 4.39 Å². The normalized spacial score (nSPS) is 28.5. The Hall–Kier alpha value is -1.66. The standard InChI is InChI=1S/C24H25Cl2FN2O2/c25-15-8-9-18-21(10-15)28-23(31)24(18)19(17-6-3-7-20(26)22(17)27)11-16(13-30)29(24)12-14-4-1-2-5-14/h3,6-10,14,16,19,30H,1-2,4-5,11-13H2,(H,28,31)/t16?,19-,24-/m1/s1. The largest absolute Gasteiger partial charge is 0.395 e. The summed E-state index contributed by atoms with van der Waals surface area (Å²) in [5.41, 5.74) is 0.750. The Bertz CT molecular complexity index is 1030. The second-order valence-corrected chi connectivity index (χ2v) is 9.82. The number of anilines is 1. The van der Waals surface area contributed by atoms with Crippen LogP contribution in [0.3, 0.4) is 0 Å². The Morgan fingerprint density at radius 2 is 1.97 bits per heavy atom. The van der Waals surface area contributed by atoms with E-state index in [9.17, 15) is 9.90 Å². The number of carbonyl (C=O) groups excluding carboxylic acids is 1. The number of benzene rings is 2. The number of halogens is 3. The predicted octanol–water partition coefficient (Wildman–Crippen LogP) is 5.32. The molecule has 0 aromatic heterocycles. The zero-order valence-electron chi connectivity index (χ0n) is 17.1. The Balaban J connectivity index is 1.71. The maximum atomic E-state index is 15.3. The highest BCUT2D eigenvalue weighted by molar-refractivity contribution is 6.31. The van der Waals surface area contributed by atoms with Crippen molar-refractivity contribution in [3.63, 3.8) is 0 Å². The lowest BCUT2D eigenvalue weighted by Crippen LogP contribution is -2.54. The first-order chi connectivity index (χ1) is 15.0. The summed E-state index contributed by atoms with van der Waals surface area (Å²) in [6.45, 7) is 0.600. The molecule has 1 saturated carbocycles. The summed E-state index contributed by atoms with van der Waals surface area (Å²) in [4.78, 5) is 15.9. The van der Waals surface area contributed by atoms with Gasteiger partial charge in [-0.2, -0.15) is 0 Å². The van der Waals surface area contributed by atoms with E-state index in [1.165, 1.54) is 18.9 Å². The molecule has 1 spiro atoms. The van der Waals surface area contributed by atoms with Gasteiger partial charge in [-0.3, -0.25) is 9.69 Å². The summed E-state index contributed by atoms with van der Waals surface area (Å²) in [5.74, 6) is -0.712. The van der Waals surface area contributed by atoms with Gasteiger partial charge >= 0.3 is 0 Å². The van der Waals surface area contributed by atoms with Crippen molar-refractivity contribution in [2.24, 2.45) is 5.92 Å². The molecular weight excluding hydrogens is 438 g/mol. The SMILES string of the molecule is O=C1Nc2cc(Cl)ccc2[C@@]12[C@@H](c1cccc(Cl)c1F)CC(CO)N2CC1CCCC1. The third-order valence-electron chi connectivity index (χ3n) is 7.39. The average molecular weight is 463 g/mol. The van der Waals surface area contributed by atoms with Crippen molar-refractivity contribution in [2.45, 2.75) is 49.6 Å².